The van der Waals surface area contributed by atoms with E-state index in [4.69, 9.17) is 11.0 Å². The van der Waals surface area contributed by atoms with Gasteiger partial charge in [-0.15, -0.1) is 0 Å². The molecule has 0 aliphatic rings. The lowest BCUT2D eigenvalue weighted by molar-refractivity contribution is 0.466. The summed E-state index contributed by atoms with van der Waals surface area (Å²) in [6.45, 7) is 4.92. The van der Waals surface area contributed by atoms with Gasteiger partial charge in [0, 0.05) is 19.6 Å². The van der Waals surface area contributed by atoms with Crippen LogP contribution in [0.2, 0.25) is 0 Å². The average Bonchev–Trinajstić information content (AvgIpc) is 2.34. The second-order valence-electron chi connectivity index (χ2n) is 4.89. The third-order valence-electron chi connectivity index (χ3n) is 3.14. The molecular weight excluding hydrogens is 229 g/mol. The number of hydrogen-bond donors (Lipinski definition) is 1. The predicted octanol–water partition coefficient (Wildman–Crippen LogP) is 2.51. The van der Waals surface area contributed by atoms with E-state index in [0.29, 0.717) is 11.5 Å². The zero-order valence-corrected chi connectivity index (χ0v) is 11.2. The monoisotopic (exact) mass is 249 g/mol. The SMILES string of the molecule is CC(C)C(N)CCN(C)c1ccc(F)cc1C#N. The van der Waals surface area contributed by atoms with E-state index < -0.39 is 0 Å². The van der Waals surface area contributed by atoms with Crippen LogP contribution in [0.5, 0.6) is 0 Å². The van der Waals surface area contributed by atoms with Gasteiger partial charge in [0.2, 0.25) is 0 Å². The Morgan fingerprint density at radius 1 is 1.44 bits per heavy atom. The minimum Gasteiger partial charge on any atom is -0.373 e. The third-order valence-corrected chi connectivity index (χ3v) is 3.14. The summed E-state index contributed by atoms with van der Waals surface area (Å²) in [5.74, 6) is 0.0460. The van der Waals surface area contributed by atoms with Crippen molar-refractivity contribution in [1.29, 1.82) is 5.26 Å². The van der Waals surface area contributed by atoms with Crippen LogP contribution in [0, 0.1) is 23.1 Å². The molecule has 1 aromatic carbocycles. The fourth-order valence-corrected chi connectivity index (χ4v) is 1.73. The smallest absolute Gasteiger partial charge is 0.124 e. The van der Waals surface area contributed by atoms with Gasteiger partial charge in [0.05, 0.1) is 11.3 Å². The van der Waals surface area contributed by atoms with Gasteiger partial charge in [-0.3, -0.25) is 0 Å². The van der Waals surface area contributed by atoms with E-state index >= 15 is 0 Å². The second kappa shape index (κ2) is 6.36. The van der Waals surface area contributed by atoms with Crippen molar-refractivity contribution in [2.45, 2.75) is 26.3 Å². The standard InChI is InChI=1S/C14H20FN3/c1-10(2)13(17)6-7-18(3)14-5-4-12(15)8-11(14)9-16/h4-5,8,10,13H,6-7,17H2,1-3H3. The largest absolute Gasteiger partial charge is 0.373 e. The Labute approximate surface area is 108 Å². The molecule has 2 N–H and O–H groups in total. The maximum atomic E-state index is 13.0. The van der Waals surface area contributed by atoms with Gasteiger partial charge < -0.3 is 10.6 Å². The molecule has 1 aromatic rings. The van der Waals surface area contributed by atoms with Gasteiger partial charge in [0.25, 0.3) is 0 Å². The molecule has 0 radical (unpaired) electrons. The summed E-state index contributed by atoms with van der Waals surface area (Å²) in [5, 5.41) is 8.99. The van der Waals surface area contributed by atoms with Crippen molar-refractivity contribution in [2.24, 2.45) is 11.7 Å². The molecule has 1 rings (SSSR count). The summed E-state index contributed by atoms with van der Waals surface area (Å²) < 4.78 is 13.0. The molecule has 0 saturated carbocycles. The molecular formula is C14H20FN3. The van der Waals surface area contributed by atoms with E-state index in [1.54, 1.807) is 6.07 Å². The van der Waals surface area contributed by atoms with E-state index in [1.165, 1.54) is 12.1 Å². The molecule has 0 aliphatic heterocycles. The minimum atomic E-state index is -0.386. The first kappa shape index (κ1) is 14.5. The van der Waals surface area contributed by atoms with E-state index in [2.05, 4.69) is 13.8 Å². The van der Waals surface area contributed by atoms with Crippen molar-refractivity contribution < 1.29 is 4.39 Å². The van der Waals surface area contributed by atoms with Crippen LogP contribution in [0.1, 0.15) is 25.8 Å². The molecule has 1 atom stereocenters. The predicted molar refractivity (Wildman–Crippen MR) is 71.8 cm³/mol. The van der Waals surface area contributed by atoms with Crippen LogP contribution >= 0.6 is 0 Å². The molecule has 0 amide bonds. The maximum Gasteiger partial charge on any atom is 0.124 e. The van der Waals surface area contributed by atoms with Crippen molar-refractivity contribution >= 4 is 5.69 Å². The Kier molecular flexibility index (Phi) is 5.11. The third kappa shape index (κ3) is 3.71. The Morgan fingerprint density at radius 3 is 2.67 bits per heavy atom. The van der Waals surface area contributed by atoms with Gasteiger partial charge in [-0.1, -0.05) is 13.8 Å². The van der Waals surface area contributed by atoms with Crippen LogP contribution in [0.4, 0.5) is 10.1 Å². The molecule has 3 nitrogen and oxygen atoms in total. The first-order valence-electron chi connectivity index (χ1n) is 6.12. The first-order chi connectivity index (χ1) is 8.45. The van der Waals surface area contributed by atoms with Crippen LogP contribution in [-0.4, -0.2) is 19.6 Å². The van der Waals surface area contributed by atoms with Gasteiger partial charge >= 0.3 is 0 Å². The quantitative estimate of drug-likeness (QED) is 0.872. The summed E-state index contributed by atoms with van der Waals surface area (Å²) in [5.41, 5.74) is 7.09. The highest BCUT2D eigenvalue weighted by atomic mass is 19.1. The maximum absolute atomic E-state index is 13.0. The Hall–Kier alpha value is -1.60. The van der Waals surface area contributed by atoms with Gasteiger partial charge in [-0.05, 0) is 30.5 Å². The van der Waals surface area contributed by atoms with E-state index in [9.17, 15) is 4.39 Å². The highest BCUT2D eigenvalue weighted by Gasteiger charge is 2.12. The van der Waals surface area contributed by atoms with Crippen molar-refractivity contribution in [3.8, 4) is 6.07 Å². The van der Waals surface area contributed by atoms with E-state index in [0.717, 1.165) is 18.7 Å². The zero-order chi connectivity index (χ0) is 13.7. The molecule has 4 heteroatoms. The molecule has 1 unspecified atom stereocenters. The highest BCUT2D eigenvalue weighted by Crippen LogP contribution is 2.20. The molecule has 0 saturated heterocycles. The number of halogens is 1. The van der Waals surface area contributed by atoms with Gasteiger partial charge in [-0.25, -0.2) is 4.39 Å². The summed E-state index contributed by atoms with van der Waals surface area (Å²) in [6.07, 6.45) is 0.844. The molecule has 0 fully saturated rings. The molecule has 0 bridgehead atoms. The topological polar surface area (TPSA) is 53.0 Å². The van der Waals surface area contributed by atoms with E-state index in [1.807, 2.05) is 18.0 Å². The molecule has 18 heavy (non-hydrogen) atoms. The summed E-state index contributed by atoms with van der Waals surface area (Å²) in [4.78, 5) is 1.94. The van der Waals surface area contributed by atoms with Crippen molar-refractivity contribution in [1.82, 2.24) is 0 Å². The lowest BCUT2D eigenvalue weighted by Crippen LogP contribution is -2.32. The number of hydrogen-bond acceptors (Lipinski definition) is 3. The van der Waals surface area contributed by atoms with Crippen LogP contribution in [0.15, 0.2) is 18.2 Å². The van der Waals surface area contributed by atoms with Gasteiger partial charge in [0.15, 0.2) is 0 Å². The highest BCUT2D eigenvalue weighted by molar-refractivity contribution is 5.58. The van der Waals surface area contributed by atoms with Crippen LogP contribution in [0.25, 0.3) is 0 Å². The van der Waals surface area contributed by atoms with Crippen molar-refractivity contribution in [3.63, 3.8) is 0 Å². The van der Waals surface area contributed by atoms with Crippen molar-refractivity contribution in [3.05, 3.63) is 29.6 Å². The normalized spacial score (nSPS) is 12.3. The van der Waals surface area contributed by atoms with Crippen molar-refractivity contribution in [2.75, 3.05) is 18.5 Å². The number of nitrogens with zero attached hydrogens (tertiary/aromatic N) is 2. The molecule has 0 aromatic heterocycles. The van der Waals surface area contributed by atoms with E-state index in [-0.39, 0.29) is 11.9 Å². The molecule has 0 heterocycles. The van der Waals surface area contributed by atoms with Crippen LogP contribution < -0.4 is 10.6 Å². The minimum absolute atomic E-state index is 0.137. The summed E-state index contributed by atoms with van der Waals surface area (Å²) >= 11 is 0. The Bertz CT molecular complexity index is 437. The average molecular weight is 249 g/mol. The lowest BCUT2D eigenvalue weighted by atomic mass is 10.0. The number of nitriles is 1. The second-order valence-corrected chi connectivity index (χ2v) is 4.89. The number of anilines is 1. The Balaban J connectivity index is 2.73. The number of nitrogens with two attached hydrogens (primary N) is 1. The lowest BCUT2D eigenvalue weighted by Gasteiger charge is -2.23. The van der Waals surface area contributed by atoms with Gasteiger partial charge in [0.1, 0.15) is 11.9 Å². The summed E-state index contributed by atoms with van der Waals surface area (Å²) in [6, 6.07) is 6.41. The molecule has 0 aliphatic carbocycles. The fraction of sp³-hybridized carbons (Fsp3) is 0.500. The first-order valence-corrected chi connectivity index (χ1v) is 6.12. The van der Waals surface area contributed by atoms with Gasteiger partial charge in [-0.2, -0.15) is 5.26 Å². The molecule has 98 valence electrons. The Morgan fingerprint density at radius 2 is 2.11 bits per heavy atom. The number of benzene rings is 1. The fourth-order valence-electron chi connectivity index (χ4n) is 1.73. The number of rotatable bonds is 5. The zero-order valence-electron chi connectivity index (χ0n) is 11.2. The van der Waals surface area contributed by atoms with Crippen LogP contribution in [0.3, 0.4) is 0 Å². The molecule has 0 spiro atoms. The van der Waals surface area contributed by atoms with Crippen LogP contribution in [-0.2, 0) is 0 Å². The summed E-state index contributed by atoms with van der Waals surface area (Å²) in [7, 11) is 1.89.